The fourth-order valence-electron chi connectivity index (χ4n) is 2.02. The number of pyridine rings is 1. The molecule has 2 rings (SSSR count). The van der Waals surface area contributed by atoms with Crippen LogP contribution in [0.3, 0.4) is 0 Å². The number of nitrogens with two attached hydrogens (primary N) is 1. The summed E-state index contributed by atoms with van der Waals surface area (Å²) in [4.78, 5) is 7.95. The van der Waals surface area contributed by atoms with Crippen LogP contribution < -0.4 is 5.73 Å². The van der Waals surface area contributed by atoms with Crippen LogP contribution in [-0.4, -0.2) is 30.0 Å². The average Bonchev–Trinajstić information content (AvgIpc) is 2.85. The summed E-state index contributed by atoms with van der Waals surface area (Å²) < 4.78 is 1.15. The number of rotatable bonds is 6. The molecule has 2 aromatic rings. The first-order valence-electron chi connectivity index (χ1n) is 6.25. The van der Waals surface area contributed by atoms with Crippen LogP contribution in [0.2, 0.25) is 0 Å². The molecule has 0 fully saturated rings. The Morgan fingerprint density at radius 1 is 1.42 bits per heavy atom. The van der Waals surface area contributed by atoms with Crippen molar-refractivity contribution < 1.29 is 0 Å². The number of likely N-dealkylation sites (N-methyl/N-ethyl adjacent to an activating group) is 1. The highest BCUT2D eigenvalue weighted by molar-refractivity contribution is 9.10. The summed E-state index contributed by atoms with van der Waals surface area (Å²) in [5.41, 5.74) is 7.05. The molecule has 0 aliphatic carbocycles. The standard InChI is InChI=1S/C14H18BrN3S/c1-18(8-5-11-4-2-3-7-17-11)13(10-16)14-12(15)6-9-19-14/h2-4,6-7,9,13H,5,8,10,16H2,1H3. The van der Waals surface area contributed by atoms with Crippen LogP contribution in [0.5, 0.6) is 0 Å². The Morgan fingerprint density at radius 2 is 2.26 bits per heavy atom. The van der Waals surface area contributed by atoms with Crippen LogP contribution in [0.15, 0.2) is 40.3 Å². The maximum absolute atomic E-state index is 5.93. The van der Waals surface area contributed by atoms with Crippen molar-refractivity contribution in [3.63, 3.8) is 0 Å². The molecule has 0 amide bonds. The third-order valence-electron chi connectivity index (χ3n) is 3.15. The minimum absolute atomic E-state index is 0.262. The largest absolute Gasteiger partial charge is 0.329 e. The lowest BCUT2D eigenvalue weighted by atomic mass is 10.2. The second-order valence-corrected chi connectivity index (χ2v) is 6.24. The van der Waals surface area contributed by atoms with E-state index in [1.807, 2.05) is 18.3 Å². The molecular weight excluding hydrogens is 322 g/mol. The molecule has 2 heterocycles. The highest BCUT2D eigenvalue weighted by Gasteiger charge is 2.19. The summed E-state index contributed by atoms with van der Waals surface area (Å²) in [6, 6.07) is 8.37. The lowest BCUT2D eigenvalue weighted by Gasteiger charge is -2.26. The Bertz CT molecular complexity index is 500. The van der Waals surface area contributed by atoms with Crippen molar-refractivity contribution in [1.82, 2.24) is 9.88 Å². The molecule has 0 spiro atoms. The van der Waals surface area contributed by atoms with Crippen LogP contribution in [0.1, 0.15) is 16.6 Å². The molecular formula is C14H18BrN3S. The first-order chi connectivity index (χ1) is 9.22. The summed E-state index contributed by atoms with van der Waals surface area (Å²) >= 11 is 5.34. The third-order valence-corrected chi connectivity index (χ3v) is 5.12. The topological polar surface area (TPSA) is 42.2 Å². The summed E-state index contributed by atoms with van der Waals surface area (Å²) in [6.07, 6.45) is 2.78. The highest BCUT2D eigenvalue weighted by atomic mass is 79.9. The first kappa shape index (κ1) is 14.7. The van der Waals surface area contributed by atoms with Gasteiger partial charge in [-0.2, -0.15) is 0 Å². The number of thiophene rings is 1. The molecule has 5 heteroatoms. The number of halogens is 1. The molecule has 1 atom stereocenters. The molecule has 0 aromatic carbocycles. The van der Waals surface area contributed by atoms with Gasteiger partial charge in [-0.25, -0.2) is 0 Å². The van der Waals surface area contributed by atoms with Gasteiger partial charge in [0, 0.05) is 40.8 Å². The predicted octanol–water partition coefficient (Wildman–Crippen LogP) is 3.08. The van der Waals surface area contributed by atoms with Gasteiger partial charge in [0.05, 0.1) is 6.04 Å². The number of aromatic nitrogens is 1. The van der Waals surface area contributed by atoms with E-state index in [0.29, 0.717) is 6.54 Å². The van der Waals surface area contributed by atoms with E-state index in [-0.39, 0.29) is 6.04 Å². The van der Waals surface area contributed by atoms with Crippen LogP contribution in [0.25, 0.3) is 0 Å². The first-order valence-corrected chi connectivity index (χ1v) is 7.92. The molecule has 2 aromatic heterocycles. The maximum Gasteiger partial charge on any atom is 0.0573 e. The van der Waals surface area contributed by atoms with E-state index >= 15 is 0 Å². The van der Waals surface area contributed by atoms with Crippen molar-refractivity contribution >= 4 is 27.3 Å². The monoisotopic (exact) mass is 339 g/mol. The zero-order valence-electron chi connectivity index (χ0n) is 10.9. The van der Waals surface area contributed by atoms with Gasteiger partial charge in [-0.15, -0.1) is 11.3 Å². The van der Waals surface area contributed by atoms with Crippen molar-refractivity contribution in [2.24, 2.45) is 5.73 Å². The number of hydrogen-bond donors (Lipinski definition) is 1. The normalized spacial score (nSPS) is 12.8. The van der Waals surface area contributed by atoms with Gasteiger partial charge in [-0.05, 0) is 46.6 Å². The molecule has 0 bridgehead atoms. The second-order valence-electron chi connectivity index (χ2n) is 4.44. The third kappa shape index (κ3) is 3.86. The van der Waals surface area contributed by atoms with E-state index in [4.69, 9.17) is 5.73 Å². The highest BCUT2D eigenvalue weighted by Crippen LogP contribution is 2.31. The lowest BCUT2D eigenvalue weighted by Crippen LogP contribution is -2.31. The van der Waals surface area contributed by atoms with Crippen molar-refractivity contribution in [2.45, 2.75) is 12.5 Å². The van der Waals surface area contributed by atoms with E-state index in [0.717, 1.165) is 23.1 Å². The molecule has 0 saturated heterocycles. The smallest absolute Gasteiger partial charge is 0.0573 e. The van der Waals surface area contributed by atoms with Crippen molar-refractivity contribution in [3.05, 3.63) is 50.9 Å². The Kier molecular flexibility index (Phi) is 5.51. The van der Waals surface area contributed by atoms with E-state index in [9.17, 15) is 0 Å². The summed E-state index contributed by atoms with van der Waals surface area (Å²) in [6.45, 7) is 1.57. The Labute approximate surface area is 126 Å². The average molecular weight is 340 g/mol. The van der Waals surface area contributed by atoms with Gasteiger partial charge in [0.25, 0.3) is 0 Å². The fraction of sp³-hybridized carbons (Fsp3) is 0.357. The van der Waals surface area contributed by atoms with Gasteiger partial charge in [-0.3, -0.25) is 9.88 Å². The number of nitrogens with zero attached hydrogens (tertiary/aromatic N) is 2. The Morgan fingerprint density at radius 3 is 2.84 bits per heavy atom. The Balaban J connectivity index is 1.98. The fourth-order valence-corrected chi connectivity index (χ4v) is 3.84. The van der Waals surface area contributed by atoms with Crippen LogP contribution in [0, 0.1) is 0 Å². The maximum atomic E-state index is 5.93. The molecule has 0 aliphatic heterocycles. The molecule has 0 saturated carbocycles. The molecule has 0 aliphatic rings. The second kappa shape index (κ2) is 7.14. The lowest BCUT2D eigenvalue weighted by molar-refractivity contribution is 0.255. The van der Waals surface area contributed by atoms with E-state index in [2.05, 4.69) is 50.4 Å². The summed E-state index contributed by atoms with van der Waals surface area (Å²) in [5.74, 6) is 0. The molecule has 0 radical (unpaired) electrons. The zero-order valence-corrected chi connectivity index (χ0v) is 13.3. The van der Waals surface area contributed by atoms with Gasteiger partial charge in [-0.1, -0.05) is 6.07 Å². The van der Waals surface area contributed by atoms with Gasteiger partial charge in [0.1, 0.15) is 0 Å². The molecule has 19 heavy (non-hydrogen) atoms. The minimum Gasteiger partial charge on any atom is -0.329 e. The van der Waals surface area contributed by atoms with Crippen molar-refractivity contribution in [3.8, 4) is 0 Å². The van der Waals surface area contributed by atoms with Crippen molar-refractivity contribution in [1.29, 1.82) is 0 Å². The molecule has 2 N–H and O–H groups in total. The van der Waals surface area contributed by atoms with Gasteiger partial charge in [0.15, 0.2) is 0 Å². The van der Waals surface area contributed by atoms with E-state index in [1.54, 1.807) is 11.3 Å². The minimum atomic E-state index is 0.262. The summed E-state index contributed by atoms with van der Waals surface area (Å²) in [5, 5.41) is 2.09. The SMILES string of the molecule is CN(CCc1ccccn1)C(CN)c1sccc1Br. The number of hydrogen-bond acceptors (Lipinski definition) is 4. The predicted molar refractivity (Wildman–Crippen MR) is 84.4 cm³/mol. The van der Waals surface area contributed by atoms with Gasteiger partial charge in [0.2, 0.25) is 0 Å². The van der Waals surface area contributed by atoms with Gasteiger partial charge >= 0.3 is 0 Å². The van der Waals surface area contributed by atoms with Crippen LogP contribution in [0.4, 0.5) is 0 Å². The van der Waals surface area contributed by atoms with Crippen LogP contribution >= 0.6 is 27.3 Å². The van der Waals surface area contributed by atoms with E-state index < -0.39 is 0 Å². The van der Waals surface area contributed by atoms with Crippen molar-refractivity contribution in [2.75, 3.05) is 20.1 Å². The van der Waals surface area contributed by atoms with E-state index in [1.165, 1.54) is 4.88 Å². The molecule has 102 valence electrons. The summed E-state index contributed by atoms with van der Waals surface area (Å²) in [7, 11) is 2.12. The van der Waals surface area contributed by atoms with Crippen LogP contribution in [-0.2, 0) is 6.42 Å². The quantitative estimate of drug-likeness (QED) is 0.879. The Hall–Kier alpha value is -0.750. The molecule has 3 nitrogen and oxygen atoms in total. The zero-order chi connectivity index (χ0) is 13.7. The molecule has 1 unspecified atom stereocenters. The van der Waals surface area contributed by atoms with Gasteiger partial charge < -0.3 is 5.73 Å².